The first-order valence-corrected chi connectivity index (χ1v) is 7.40. The van der Waals surface area contributed by atoms with Crippen molar-refractivity contribution in [1.29, 1.82) is 5.26 Å². The van der Waals surface area contributed by atoms with Crippen molar-refractivity contribution in [3.05, 3.63) is 11.5 Å². The molecule has 0 spiro atoms. The van der Waals surface area contributed by atoms with Gasteiger partial charge in [-0.15, -0.1) is 0 Å². The summed E-state index contributed by atoms with van der Waals surface area (Å²) >= 11 is 5.87. The van der Waals surface area contributed by atoms with E-state index in [0.717, 1.165) is 12.8 Å². The topological polar surface area (TPSA) is 87.8 Å². The Balaban J connectivity index is 2.23. The molecule has 6 nitrogen and oxygen atoms in total. The third-order valence-corrected chi connectivity index (χ3v) is 5.06. The van der Waals surface area contributed by atoms with Crippen molar-refractivity contribution in [2.75, 3.05) is 0 Å². The summed E-state index contributed by atoms with van der Waals surface area (Å²) in [7, 11) is -2.15. The summed E-state index contributed by atoms with van der Waals surface area (Å²) in [5.41, 5.74) is 0. The second kappa shape index (κ2) is 4.88. The van der Waals surface area contributed by atoms with Crippen LogP contribution in [-0.4, -0.2) is 24.0 Å². The Morgan fingerprint density at radius 3 is 2.89 bits per heavy atom. The van der Waals surface area contributed by atoms with Gasteiger partial charge < -0.3 is 4.57 Å². The van der Waals surface area contributed by atoms with E-state index in [-0.39, 0.29) is 22.1 Å². The van der Waals surface area contributed by atoms with Crippen LogP contribution in [0.1, 0.15) is 19.3 Å². The Morgan fingerprint density at radius 1 is 1.61 bits per heavy atom. The summed E-state index contributed by atoms with van der Waals surface area (Å²) in [5.74, 6) is -0.276. The minimum Gasteiger partial charge on any atom is -0.324 e. The van der Waals surface area contributed by atoms with E-state index in [1.165, 1.54) is 10.9 Å². The van der Waals surface area contributed by atoms with Crippen molar-refractivity contribution in [2.45, 2.75) is 30.3 Å². The molecule has 1 aromatic rings. The molecule has 0 bridgehead atoms. The van der Waals surface area contributed by atoms with Crippen molar-refractivity contribution in [1.82, 2.24) is 14.3 Å². The van der Waals surface area contributed by atoms with E-state index in [1.54, 1.807) is 7.05 Å². The van der Waals surface area contributed by atoms with E-state index in [9.17, 15) is 8.42 Å². The van der Waals surface area contributed by atoms with Crippen LogP contribution >= 0.6 is 11.6 Å². The summed E-state index contributed by atoms with van der Waals surface area (Å²) in [4.78, 5) is 3.78. The van der Waals surface area contributed by atoms with Crippen LogP contribution in [0.15, 0.2) is 11.4 Å². The molecule has 18 heavy (non-hydrogen) atoms. The van der Waals surface area contributed by atoms with Crippen LogP contribution in [0, 0.1) is 17.2 Å². The highest BCUT2D eigenvalue weighted by Crippen LogP contribution is 2.27. The maximum Gasteiger partial charge on any atom is 0.261 e. The summed E-state index contributed by atoms with van der Waals surface area (Å²) in [6.45, 7) is 0. The fourth-order valence-corrected chi connectivity index (χ4v) is 3.83. The Bertz CT molecular complexity index is 590. The molecule has 0 aromatic carbocycles. The number of hydrogen-bond acceptors (Lipinski definition) is 4. The van der Waals surface area contributed by atoms with Gasteiger partial charge in [0.25, 0.3) is 10.0 Å². The summed E-state index contributed by atoms with van der Waals surface area (Å²) in [6.07, 6.45) is 3.58. The average molecular weight is 289 g/mol. The molecule has 2 rings (SSSR count). The molecule has 1 saturated carbocycles. The molecule has 1 aromatic heterocycles. The zero-order valence-corrected chi connectivity index (χ0v) is 11.4. The van der Waals surface area contributed by atoms with Crippen molar-refractivity contribution >= 4 is 21.6 Å². The zero-order valence-electron chi connectivity index (χ0n) is 9.80. The normalized spacial score (nSPS) is 24.1. The number of sulfonamides is 1. The van der Waals surface area contributed by atoms with Crippen LogP contribution in [0.25, 0.3) is 0 Å². The van der Waals surface area contributed by atoms with E-state index in [1.807, 2.05) is 0 Å². The van der Waals surface area contributed by atoms with Crippen molar-refractivity contribution in [3.8, 4) is 6.07 Å². The van der Waals surface area contributed by atoms with Gasteiger partial charge in [0, 0.05) is 13.1 Å². The van der Waals surface area contributed by atoms with Crippen molar-refractivity contribution in [3.63, 3.8) is 0 Å². The van der Waals surface area contributed by atoms with Gasteiger partial charge in [0.05, 0.1) is 18.3 Å². The first kappa shape index (κ1) is 13.3. The molecule has 98 valence electrons. The number of hydrogen-bond donors (Lipinski definition) is 1. The standard InChI is InChI=1S/C10H13ClN4O2S/c1-15-6-13-10(9(15)11)18(16,17)14-8-4-2-3-7(8)5-12/h6-8,14H,2-4H2,1H3. The predicted molar refractivity (Wildman–Crippen MR) is 65.3 cm³/mol. The fraction of sp³-hybridized carbons (Fsp3) is 0.600. The largest absolute Gasteiger partial charge is 0.324 e. The first-order valence-electron chi connectivity index (χ1n) is 5.54. The number of halogens is 1. The van der Waals surface area contributed by atoms with Gasteiger partial charge >= 0.3 is 0 Å². The zero-order chi connectivity index (χ0) is 13.3. The SMILES string of the molecule is Cn1cnc(S(=O)(=O)NC2CCCC2C#N)c1Cl. The van der Waals surface area contributed by atoms with E-state index in [4.69, 9.17) is 16.9 Å². The van der Waals surface area contributed by atoms with E-state index >= 15 is 0 Å². The van der Waals surface area contributed by atoms with Crippen LogP contribution in [0.4, 0.5) is 0 Å². The van der Waals surface area contributed by atoms with Gasteiger partial charge in [0.15, 0.2) is 0 Å². The molecule has 1 heterocycles. The maximum atomic E-state index is 12.1. The maximum absolute atomic E-state index is 12.1. The molecular formula is C10H13ClN4O2S. The second-order valence-corrected chi connectivity index (χ2v) is 6.33. The third kappa shape index (κ3) is 2.36. The van der Waals surface area contributed by atoms with E-state index in [2.05, 4.69) is 15.8 Å². The number of aromatic nitrogens is 2. The van der Waals surface area contributed by atoms with Gasteiger partial charge in [-0.25, -0.2) is 18.1 Å². The Morgan fingerprint density at radius 2 is 2.33 bits per heavy atom. The molecule has 0 radical (unpaired) electrons. The molecule has 0 amide bonds. The monoisotopic (exact) mass is 288 g/mol. The quantitative estimate of drug-likeness (QED) is 0.900. The van der Waals surface area contributed by atoms with E-state index in [0.29, 0.717) is 6.42 Å². The lowest BCUT2D eigenvalue weighted by molar-refractivity contribution is 0.513. The lowest BCUT2D eigenvalue weighted by atomic mass is 10.1. The lowest BCUT2D eigenvalue weighted by Gasteiger charge is -2.14. The van der Waals surface area contributed by atoms with Crippen molar-refractivity contribution < 1.29 is 8.42 Å². The lowest BCUT2D eigenvalue weighted by Crippen LogP contribution is -2.37. The number of imidazole rings is 1. The van der Waals surface area contributed by atoms with Gasteiger partial charge in [-0.1, -0.05) is 18.0 Å². The molecule has 1 aliphatic carbocycles. The average Bonchev–Trinajstić information content (AvgIpc) is 2.87. The van der Waals surface area contributed by atoms with Crippen LogP contribution in [0.5, 0.6) is 0 Å². The number of nitrogens with one attached hydrogen (secondary N) is 1. The van der Waals surface area contributed by atoms with Crippen LogP contribution in [0.2, 0.25) is 5.15 Å². The molecule has 1 fully saturated rings. The Hall–Kier alpha value is -1.10. The van der Waals surface area contributed by atoms with Crippen LogP contribution < -0.4 is 4.72 Å². The Labute approximate surface area is 111 Å². The van der Waals surface area contributed by atoms with Gasteiger partial charge in [0.2, 0.25) is 5.03 Å². The Kier molecular flexibility index (Phi) is 3.61. The van der Waals surface area contributed by atoms with Crippen LogP contribution in [-0.2, 0) is 17.1 Å². The highest BCUT2D eigenvalue weighted by Gasteiger charge is 2.33. The van der Waals surface area contributed by atoms with Gasteiger partial charge in [-0.05, 0) is 12.8 Å². The highest BCUT2D eigenvalue weighted by atomic mass is 35.5. The molecule has 8 heteroatoms. The van der Waals surface area contributed by atoms with Gasteiger partial charge in [-0.3, -0.25) is 0 Å². The molecular weight excluding hydrogens is 276 g/mol. The van der Waals surface area contributed by atoms with Crippen molar-refractivity contribution in [2.24, 2.45) is 13.0 Å². The second-order valence-electron chi connectivity index (χ2n) is 4.35. The predicted octanol–water partition coefficient (Wildman–Crippen LogP) is 1.04. The molecule has 2 atom stereocenters. The summed E-state index contributed by atoms with van der Waals surface area (Å²) < 4.78 is 28.1. The number of nitriles is 1. The smallest absolute Gasteiger partial charge is 0.261 e. The third-order valence-electron chi connectivity index (χ3n) is 3.08. The molecule has 0 saturated heterocycles. The molecule has 2 unspecified atom stereocenters. The fourth-order valence-electron chi connectivity index (χ4n) is 2.08. The minimum atomic E-state index is -3.76. The van der Waals surface area contributed by atoms with Gasteiger partial charge in [0.1, 0.15) is 5.15 Å². The summed E-state index contributed by atoms with van der Waals surface area (Å²) in [6, 6.07) is 1.77. The van der Waals surface area contributed by atoms with Gasteiger partial charge in [-0.2, -0.15) is 5.26 Å². The van der Waals surface area contributed by atoms with Crippen LogP contribution in [0.3, 0.4) is 0 Å². The number of rotatable bonds is 3. The minimum absolute atomic E-state index is 0.0639. The number of nitrogens with zero attached hydrogens (tertiary/aromatic N) is 3. The molecule has 0 aliphatic heterocycles. The van der Waals surface area contributed by atoms with E-state index < -0.39 is 10.0 Å². The summed E-state index contributed by atoms with van der Waals surface area (Å²) in [5, 5.41) is 8.81. The first-order chi connectivity index (χ1) is 8.45. The molecule has 1 N–H and O–H groups in total. The molecule has 1 aliphatic rings. The number of aryl methyl sites for hydroxylation is 1. The highest BCUT2D eigenvalue weighted by molar-refractivity contribution is 7.89.